The molecule has 30 heavy (non-hydrogen) atoms. The molecule has 1 fully saturated rings. The number of fused-ring (bicyclic) bond motifs is 1. The Hall–Kier alpha value is -2.57. The lowest BCUT2D eigenvalue weighted by Crippen LogP contribution is -2.33. The highest BCUT2D eigenvalue weighted by Gasteiger charge is 2.44. The van der Waals surface area contributed by atoms with Crippen molar-refractivity contribution in [3.63, 3.8) is 0 Å². The fourth-order valence-corrected chi connectivity index (χ4v) is 3.79. The van der Waals surface area contributed by atoms with Gasteiger partial charge in [0.25, 0.3) is 0 Å². The standard InChI is InChI=1S/C19H25N5O6/c1-9-4-11(10(2)29-9)19(3,28)6-20-16-13-17(22-7-21-16)24(8-23-13)18-15(27)14(26)12(5-25)30-18/h4,7-8,12,14-15,18,25-28H,5-6H2,1-3H3,(H,20,21,22)/t12-,14-,15-,18-,19-/m1/s1. The Morgan fingerprint density at radius 2 is 1.97 bits per heavy atom. The monoisotopic (exact) mass is 419 g/mol. The van der Waals surface area contributed by atoms with Crippen LogP contribution in [0.3, 0.4) is 0 Å². The maximum Gasteiger partial charge on any atom is 0.167 e. The van der Waals surface area contributed by atoms with Crippen LogP contribution in [-0.4, -0.2) is 71.4 Å². The van der Waals surface area contributed by atoms with Crippen LogP contribution in [-0.2, 0) is 10.3 Å². The van der Waals surface area contributed by atoms with Crippen molar-refractivity contribution in [2.45, 2.75) is 50.9 Å². The van der Waals surface area contributed by atoms with E-state index in [2.05, 4.69) is 20.3 Å². The third-order valence-corrected chi connectivity index (χ3v) is 5.37. The number of imidazole rings is 1. The normalized spacial score (nSPS) is 26.2. The van der Waals surface area contributed by atoms with Gasteiger partial charge < -0.3 is 34.9 Å². The van der Waals surface area contributed by atoms with Gasteiger partial charge in [0.15, 0.2) is 23.2 Å². The zero-order valence-electron chi connectivity index (χ0n) is 16.8. The summed E-state index contributed by atoms with van der Waals surface area (Å²) in [6, 6.07) is 1.79. The molecule has 3 aromatic heterocycles. The summed E-state index contributed by atoms with van der Waals surface area (Å²) in [6.07, 6.45) is -1.59. The molecule has 11 heteroatoms. The highest BCUT2D eigenvalue weighted by Crippen LogP contribution is 2.32. The summed E-state index contributed by atoms with van der Waals surface area (Å²) >= 11 is 0. The average molecular weight is 419 g/mol. The molecular weight excluding hydrogens is 394 g/mol. The molecule has 0 unspecified atom stereocenters. The second kappa shape index (κ2) is 7.60. The van der Waals surface area contributed by atoms with E-state index >= 15 is 0 Å². The van der Waals surface area contributed by atoms with Crippen molar-refractivity contribution in [2.75, 3.05) is 18.5 Å². The van der Waals surface area contributed by atoms with Crippen LogP contribution in [0.4, 0.5) is 5.82 Å². The maximum atomic E-state index is 10.9. The van der Waals surface area contributed by atoms with E-state index in [1.54, 1.807) is 19.9 Å². The molecule has 0 saturated carbocycles. The van der Waals surface area contributed by atoms with Gasteiger partial charge in [-0.3, -0.25) is 4.57 Å². The fraction of sp³-hybridized carbons (Fsp3) is 0.526. The molecule has 5 atom stereocenters. The van der Waals surface area contributed by atoms with Gasteiger partial charge in [0, 0.05) is 12.1 Å². The molecule has 4 rings (SSSR count). The summed E-state index contributed by atoms with van der Waals surface area (Å²) < 4.78 is 12.6. The summed E-state index contributed by atoms with van der Waals surface area (Å²) in [6.45, 7) is 5.00. The first kappa shape index (κ1) is 20.7. The van der Waals surface area contributed by atoms with Crippen LogP contribution in [0.25, 0.3) is 11.2 Å². The number of anilines is 1. The Balaban J connectivity index is 1.59. The minimum atomic E-state index is -1.25. The number of aryl methyl sites for hydroxylation is 2. The first-order valence-electron chi connectivity index (χ1n) is 9.56. The van der Waals surface area contributed by atoms with Crippen LogP contribution in [0.5, 0.6) is 0 Å². The number of hydrogen-bond acceptors (Lipinski definition) is 10. The largest absolute Gasteiger partial charge is 0.466 e. The van der Waals surface area contributed by atoms with Crippen molar-refractivity contribution in [2.24, 2.45) is 0 Å². The van der Waals surface area contributed by atoms with Gasteiger partial charge in [-0.25, -0.2) is 15.0 Å². The summed E-state index contributed by atoms with van der Waals surface area (Å²) in [5, 5.41) is 43.6. The number of nitrogens with zero attached hydrogens (tertiary/aromatic N) is 4. The van der Waals surface area contributed by atoms with Gasteiger partial charge in [-0.05, 0) is 26.8 Å². The lowest BCUT2D eigenvalue weighted by Gasteiger charge is -2.23. The summed E-state index contributed by atoms with van der Waals surface area (Å²) in [7, 11) is 0. The molecule has 0 aliphatic carbocycles. The highest BCUT2D eigenvalue weighted by molar-refractivity contribution is 5.82. The first-order chi connectivity index (χ1) is 14.2. The van der Waals surface area contributed by atoms with Crippen LogP contribution in [0.1, 0.15) is 30.2 Å². The van der Waals surface area contributed by atoms with Crippen LogP contribution in [0.2, 0.25) is 0 Å². The minimum absolute atomic E-state index is 0.139. The van der Waals surface area contributed by atoms with Gasteiger partial charge in [-0.1, -0.05) is 0 Å². The van der Waals surface area contributed by atoms with Gasteiger partial charge in [-0.15, -0.1) is 0 Å². The number of hydrogen-bond donors (Lipinski definition) is 5. The Labute approximate surface area is 172 Å². The molecule has 0 radical (unpaired) electrons. The first-order valence-corrected chi connectivity index (χ1v) is 9.56. The molecule has 0 bridgehead atoms. The number of ether oxygens (including phenoxy) is 1. The highest BCUT2D eigenvalue weighted by atomic mass is 16.6. The third kappa shape index (κ3) is 3.44. The van der Waals surface area contributed by atoms with Crippen molar-refractivity contribution in [3.05, 3.63) is 35.8 Å². The Bertz CT molecular complexity index is 1050. The van der Waals surface area contributed by atoms with Crippen LogP contribution >= 0.6 is 0 Å². The van der Waals surface area contributed by atoms with Gasteiger partial charge in [0.05, 0.1) is 12.9 Å². The molecule has 5 N–H and O–H groups in total. The van der Waals surface area contributed by atoms with Gasteiger partial charge in [0.1, 0.15) is 41.8 Å². The summed E-state index contributed by atoms with van der Waals surface area (Å²) in [5.41, 5.74) is 0.239. The predicted octanol–water partition coefficient (Wildman–Crippen LogP) is -0.0328. The van der Waals surface area contributed by atoms with E-state index in [1.165, 1.54) is 17.2 Å². The predicted molar refractivity (Wildman–Crippen MR) is 105 cm³/mol. The minimum Gasteiger partial charge on any atom is -0.466 e. The molecular formula is C19H25N5O6. The van der Waals surface area contributed by atoms with Crippen molar-refractivity contribution in [1.29, 1.82) is 0 Å². The molecule has 11 nitrogen and oxygen atoms in total. The van der Waals surface area contributed by atoms with Crippen LogP contribution < -0.4 is 5.32 Å². The van der Waals surface area contributed by atoms with E-state index in [9.17, 15) is 20.4 Å². The van der Waals surface area contributed by atoms with Crippen LogP contribution in [0.15, 0.2) is 23.1 Å². The molecule has 1 saturated heterocycles. The second-order valence-corrected chi connectivity index (χ2v) is 7.73. The van der Waals surface area contributed by atoms with E-state index in [1.807, 2.05) is 6.92 Å². The van der Waals surface area contributed by atoms with E-state index in [4.69, 9.17) is 9.15 Å². The molecule has 3 aromatic rings. The van der Waals surface area contributed by atoms with E-state index in [0.29, 0.717) is 34.1 Å². The third-order valence-electron chi connectivity index (χ3n) is 5.37. The fourth-order valence-electron chi connectivity index (χ4n) is 3.79. The van der Waals surface area contributed by atoms with Gasteiger partial charge in [0.2, 0.25) is 0 Å². The number of nitrogens with one attached hydrogen (secondary N) is 1. The lowest BCUT2D eigenvalue weighted by molar-refractivity contribution is -0.0511. The molecule has 1 aliphatic rings. The summed E-state index contributed by atoms with van der Waals surface area (Å²) in [5.74, 6) is 1.74. The number of aromatic nitrogens is 4. The number of furan rings is 1. The Kier molecular flexibility index (Phi) is 5.24. The molecule has 0 amide bonds. The van der Waals surface area contributed by atoms with Crippen LogP contribution in [0, 0.1) is 13.8 Å². The van der Waals surface area contributed by atoms with E-state index < -0.39 is 36.7 Å². The topological polar surface area (TPSA) is 159 Å². The van der Waals surface area contributed by atoms with Crippen molar-refractivity contribution < 1.29 is 29.6 Å². The van der Waals surface area contributed by atoms with Gasteiger partial charge >= 0.3 is 0 Å². The Morgan fingerprint density at radius 3 is 2.60 bits per heavy atom. The SMILES string of the molecule is Cc1cc([C@](C)(O)CNc2ncnc3c2ncn3[C@@H]2O[C@H](CO)[C@@H](O)[C@H]2O)c(C)o1. The molecule has 4 heterocycles. The zero-order chi connectivity index (χ0) is 21.6. The smallest absolute Gasteiger partial charge is 0.167 e. The molecule has 0 aromatic carbocycles. The number of aliphatic hydroxyl groups is 4. The average Bonchev–Trinajstić information content (AvgIpc) is 3.37. The van der Waals surface area contributed by atoms with E-state index in [0.717, 1.165) is 0 Å². The quantitative estimate of drug-likeness (QED) is 0.367. The van der Waals surface area contributed by atoms with Crippen molar-refractivity contribution in [1.82, 2.24) is 19.5 Å². The number of rotatable bonds is 6. The molecule has 1 aliphatic heterocycles. The van der Waals surface area contributed by atoms with Crippen molar-refractivity contribution >= 4 is 17.0 Å². The van der Waals surface area contributed by atoms with E-state index in [-0.39, 0.29) is 6.54 Å². The number of aliphatic hydroxyl groups excluding tert-OH is 3. The summed E-state index contributed by atoms with van der Waals surface area (Å²) in [4.78, 5) is 12.7. The lowest BCUT2D eigenvalue weighted by atomic mass is 9.96. The molecule has 162 valence electrons. The second-order valence-electron chi connectivity index (χ2n) is 7.73. The zero-order valence-corrected chi connectivity index (χ0v) is 16.8. The maximum absolute atomic E-state index is 10.9. The van der Waals surface area contributed by atoms with Crippen molar-refractivity contribution in [3.8, 4) is 0 Å². The molecule has 0 spiro atoms. The van der Waals surface area contributed by atoms with Gasteiger partial charge in [-0.2, -0.15) is 0 Å². The Morgan fingerprint density at radius 1 is 1.20 bits per heavy atom.